The first-order valence-corrected chi connectivity index (χ1v) is 9.75. The summed E-state index contributed by atoms with van der Waals surface area (Å²) >= 11 is 0. The summed E-state index contributed by atoms with van der Waals surface area (Å²) in [5.74, 6) is 0. The standard InChI is InChI=1S/C23H22F3NO2/c24-23(25,26)19-8-6-16(7-9-19)12-18-13-20-10-11-21(14-18)27(20)22(28)29-15-17-4-2-1-3-5-17/h1-9,13,20-21H,10-12,14-15H2. The Balaban J connectivity index is 1.38. The van der Waals surface area contributed by atoms with Gasteiger partial charge in [0.05, 0.1) is 11.6 Å². The van der Waals surface area contributed by atoms with E-state index in [0.717, 1.165) is 42.5 Å². The van der Waals surface area contributed by atoms with Crippen LogP contribution >= 0.6 is 0 Å². The molecular weight excluding hydrogens is 379 g/mol. The Kier molecular flexibility index (Phi) is 5.35. The number of halogens is 3. The molecule has 2 aliphatic rings. The Morgan fingerprint density at radius 2 is 1.72 bits per heavy atom. The number of amides is 1. The van der Waals surface area contributed by atoms with E-state index in [1.54, 1.807) is 0 Å². The number of carbonyl (C=O) groups is 1. The highest BCUT2D eigenvalue weighted by molar-refractivity contribution is 5.70. The maximum Gasteiger partial charge on any atom is 0.416 e. The van der Waals surface area contributed by atoms with Crippen LogP contribution in [0.1, 0.15) is 36.0 Å². The molecule has 0 spiro atoms. The molecule has 29 heavy (non-hydrogen) atoms. The highest BCUT2D eigenvalue weighted by atomic mass is 19.4. The molecule has 2 aliphatic heterocycles. The average molecular weight is 401 g/mol. The Morgan fingerprint density at radius 1 is 1.00 bits per heavy atom. The molecule has 0 N–H and O–H groups in total. The number of hydrogen-bond donors (Lipinski definition) is 0. The van der Waals surface area contributed by atoms with Gasteiger partial charge in [-0.05, 0) is 48.9 Å². The second-order valence-corrected chi connectivity index (χ2v) is 7.65. The van der Waals surface area contributed by atoms with Gasteiger partial charge in [-0.15, -0.1) is 0 Å². The molecule has 0 radical (unpaired) electrons. The van der Waals surface area contributed by atoms with Crippen LogP contribution in [0.3, 0.4) is 0 Å². The first kappa shape index (κ1) is 19.6. The second-order valence-electron chi connectivity index (χ2n) is 7.65. The summed E-state index contributed by atoms with van der Waals surface area (Å²) in [6, 6.07) is 15.0. The fraction of sp³-hybridized carbons (Fsp3) is 0.348. The first-order chi connectivity index (χ1) is 13.9. The van der Waals surface area contributed by atoms with E-state index >= 15 is 0 Å². The minimum absolute atomic E-state index is 0.00136. The van der Waals surface area contributed by atoms with Crippen LogP contribution in [0.2, 0.25) is 0 Å². The number of alkyl halides is 3. The quantitative estimate of drug-likeness (QED) is 0.611. The number of rotatable bonds is 4. The van der Waals surface area contributed by atoms with E-state index in [1.807, 2.05) is 35.2 Å². The van der Waals surface area contributed by atoms with Crippen LogP contribution in [0, 0.1) is 0 Å². The molecule has 2 atom stereocenters. The molecule has 2 heterocycles. The van der Waals surface area contributed by atoms with E-state index in [4.69, 9.17) is 4.74 Å². The van der Waals surface area contributed by atoms with Crippen molar-refractivity contribution < 1.29 is 22.7 Å². The van der Waals surface area contributed by atoms with Gasteiger partial charge >= 0.3 is 12.3 Å². The van der Waals surface area contributed by atoms with Crippen molar-refractivity contribution in [2.45, 2.75) is 50.6 Å². The number of nitrogens with zero attached hydrogens (tertiary/aromatic N) is 1. The normalized spacial score (nSPS) is 21.1. The number of carbonyl (C=O) groups excluding carboxylic acids is 1. The molecule has 1 amide bonds. The van der Waals surface area contributed by atoms with Crippen molar-refractivity contribution in [1.29, 1.82) is 0 Å². The van der Waals surface area contributed by atoms with Crippen molar-refractivity contribution in [2.75, 3.05) is 0 Å². The van der Waals surface area contributed by atoms with E-state index in [0.29, 0.717) is 6.42 Å². The van der Waals surface area contributed by atoms with Crippen molar-refractivity contribution in [3.05, 3.63) is 82.9 Å². The molecular formula is C23H22F3NO2. The minimum Gasteiger partial charge on any atom is -0.445 e. The smallest absolute Gasteiger partial charge is 0.416 e. The van der Waals surface area contributed by atoms with Gasteiger partial charge < -0.3 is 4.74 Å². The summed E-state index contributed by atoms with van der Waals surface area (Å²) in [5.41, 5.74) is 2.34. The Labute approximate surface area is 167 Å². The van der Waals surface area contributed by atoms with Crippen molar-refractivity contribution >= 4 is 6.09 Å². The highest BCUT2D eigenvalue weighted by Gasteiger charge is 2.40. The van der Waals surface area contributed by atoms with Gasteiger partial charge in [-0.2, -0.15) is 13.2 Å². The fourth-order valence-electron chi connectivity index (χ4n) is 4.20. The van der Waals surface area contributed by atoms with E-state index in [9.17, 15) is 18.0 Å². The third kappa shape index (κ3) is 4.47. The van der Waals surface area contributed by atoms with Crippen molar-refractivity contribution in [3.8, 4) is 0 Å². The molecule has 1 fully saturated rings. The molecule has 2 unspecified atom stereocenters. The molecule has 2 aromatic rings. The van der Waals surface area contributed by atoms with Crippen molar-refractivity contribution in [1.82, 2.24) is 4.90 Å². The van der Waals surface area contributed by atoms with Crippen LogP contribution in [0.4, 0.5) is 18.0 Å². The number of hydrogen-bond acceptors (Lipinski definition) is 2. The summed E-state index contributed by atoms with van der Waals surface area (Å²) in [7, 11) is 0. The fourth-order valence-corrected chi connectivity index (χ4v) is 4.20. The summed E-state index contributed by atoms with van der Waals surface area (Å²) in [4.78, 5) is 14.4. The molecule has 4 rings (SSSR count). The maximum absolute atomic E-state index is 12.7. The summed E-state index contributed by atoms with van der Waals surface area (Å²) in [5, 5.41) is 0. The minimum atomic E-state index is -4.32. The van der Waals surface area contributed by atoms with E-state index in [-0.39, 0.29) is 24.8 Å². The lowest BCUT2D eigenvalue weighted by molar-refractivity contribution is -0.137. The van der Waals surface area contributed by atoms with Gasteiger partial charge in [0.15, 0.2) is 0 Å². The van der Waals surface area contributed by atoms with E-state index in [2.05, 4.69) is 6.08 Å². The number of benzene rings is 2. The predicted octanol–water partition coefficient (Wildman–Crippen LogP) is 5.75. The van der Waals surface area contributed by atoms with Crippen LogP contribution < -0.4 is 0 Å². The maximum atomic E-state index is 12.7. The van der Waals surface area contributed by atoms with Gasteiger partial charge in [-0.25, -0.2) is 4.79 Å². The molecule has 2 bridgehead atoms. The number of fused-ring (bicyclic) bond motifs is 2. The molecule has 152 valence electrons. The van der Waals surface area contributed by atoms with Crippen LogP contribution in [0.5, 0.6) is 0 Å². The summed E-state index contributed by atoms with van der Waals surface area (Å²) in [6.07, 6.45) is 0.620. The van der Waals surface area contributed by atoms with Gasteiger partial charge in [-0.3, -0.25) is 4.90 Å². The van der Waals surface area contributed by atoms with Gasteiger partial charge in [0, 0.05) is 6.04 Å². The van der Waals surface area contributed by atoms with Crippen LogP contribution in [0.25, 0.3) is 0 Å². The lowest BCUT2D eigenvalue weighted by Gasteiger charge is -2.33. The molecule has 0 aromatic heterocycles. The third-order valence-corrected chi connectivity index (χ3v) is 5.60. The van der Waals surface area contributed by atoms with Crippen LogP contribution in [0.15, 0.2) is 66.2 Å². The SMILES string of the molecule is O=C(OCc1ccccc1)N1C2C=C(Cc3ccc(C(F)(F)F)cc3)CC1CC2. The topological polar surface area (TPSA) is 29.5 Å². The molecule has 0 aliphatic carbocycles. The monoisotopic (exact) mass is 401 g/mol. The average Bonchev–Trinajstić information content (AvgIpc) is 2.97. The van der Waals surface area contributed by atoms with Gasteiger partial charge in [0.2, 0.25) is 0 Å². The molecule has 3 nitrogen and oxygen atoms in total. The van der Waals surface area contributed by atoms with Crippen molar-refractivity contribution in [3.63, 3.8) is 0 Å². The zero-order chi connectivity index (χ0) is 20.4. The molecule has 6 heteroatoms. The molecule has 1 saturated heterocycles. The van der Waals surface area contributed by atoms with Crippen molar-refractivity contribution in [2.24, 2.45) is 0 Å². The third-order valence-electron chi connectivity index (χ3n) is 5.60. The lowest BCUT2D eigenvalue weighted by atomic mass is 9.95. The Hall–Kier alpha value is -2.76. The predicted molar refractivity (Wildman–Crippen MR) is 103 cm³/mol. The zero-order valence-corrected chi connectivity index (χ0v) is 15.9. The molecule has 2 aromatic carbocycles. The van der Waals surface area contributed by atoms with Crippen LogP contribution in [-0.2, 0) is 23.9 Å². The van der Waals surface area contributed by atoms with Gasteiger partial charge in [0.1, 0.15) is 6.61 Å². The van der Waals surface area contributed by atoms with E-state index < -0.39 is 11.7 Å². The van der Waals surface area contributed by atoms with Gasteiger partial charge in [0.25, 0.3) is 0 Å². The van der Waals surface area contributed by atoms with Crippen LogP contribution in [-0.4, -0.2) is 23.1 Å². The zero-order valence-electron chi connectivity index (χ0n) is 15.9. The van der Waals surface area contributed by atoms with Gasteiger partial charge in [-0.1, -0.05) is 54.1 Å². The summed E-state index contributed by atoms with van der Waals surface area (Å²) in [6.45, 7) is 0.248. The largest absolute Gasteiger partial charge is 0.445 e. The Morgan fingerprint density at radius 3 is 2.38 bits per heavy atom. The highest BCUT2D eigenvalue weighted by Crippen LogP contribution is 2.37. The summed E-state index contributed by atoms with van der Waals surface area (Å²) < 4.78 is 43.7. The molecule has 0 saturated carbocycles. The first-order valence-electron chi connectivity index (χ1n) is 9.75. The van der Waals surface area contributed by atoms with E-state index in [1.165, 1.54) is 17.7 Å². The second kappa shape index (κ2) is 7.93. The number of ether oxygens (including phenoxy) is 1. The Bertz CT molecular complexity index is 891. The lowest BCUT2D eigenvalue weighted by Crippen LogP contribution is -2.43.